The molecule has 1 atom stereocenters. The van der Waals surface area contributed by atoms with Gasteiger partial charge in [0.2, 0.25) is 0 Å². The molecule has 0 bridgehead atoms. The highest BCUT2D eigenvalue weighted by Gasteiger charge is 2.14. The summed E-state index contributed by atoms with van der Waals surface area (Å²) >= 11 is 0. The number of hydrogen-bond donors (Lipinski definition) is 1. The van der Waals surface area contributed by atoms with Crippen LogP contribution in [0.3, 0.4) is 0 Å². The van der Waals surface area contributed by atoms with Crippen molar-refractivity contribution in [3.8, 4) is 5.75 Å². The van der Waals surface area contributed by atoms with Gasteiger partial charge in [-0.25, -0.2) is 0 Å². The number of aryl methyl sites for hydroxylation is 2. The lowest BCUT2D eigenvalue weighted by atomic mass is 10.1. The van der Waals surface area contributed by atoms with Crippen LogP contribution in [0.15, 0.2) is 24.5 Å². The minimum Gasteiger partial charge on any atom is -0.492 e. The van der Waals surface area contributed by atoms with Gasteiger partial charge in [-0.1, -0.05) is 0 Å². The zero-order chi connectivity index (χ0) is 13.1. The van der Waals surface area contributed by atoms with Crippen LogP contribution in [0, 0.1) is 6.92 Å². The third-order valence-corrected chi connectivity index (χ3v) is 2.76. The molecule has 5 heteroatoms. The molecule has 5 nitrogen and oxygen atoms in total. The zero-order valence-electron chi connectivity index (χ0n) is 10.9. The largest absolute Gasteiger partial charge is 0.492 e. The van der Waals surface area contributed by atoms with E-state index in [1.807, 2.05) is 33.0 Å². The Kier molecular flexibility index (Phi) is 3.62. The van der Waals surface area contributed by atoms with E-state index in [0.717, 1.165) is 22.7 Å². The highest BCUT2D eigenvalue weighted by Crippen LogP contribution is 2.22. The molecule has 0 fully saturated rings. The van der Waals surface area contributed by atoms with Gasteiger partial charge in [-0.2, -0.15) is 5.10 Å². The first-order chi connectivity index (χ1) is 8.61. The fraction of sp³-hybridized carbons (Fsp3) is 0.385. The summed E-state index contributed by atoms with van der Waals surface area (Å²) in [6.45, 7) is 4.51. The van der Waals surface area contributed by atoms with Gasteiger partial charge < -0.3 is 10.5 Å². The van der Waals surface area contributed by atoms with Gasteiger partial charge in [-0.3, -0.25) is 9.67 Å². The van der Waals surface area contributed by atoms with E-state index in [-0.39, 0.29) is 6.04 Å². The summed E-state index contributed by atoms with van der Waals surface area (Å²) in [4.78, 5) is 4.15. The molecule has 0 saturated heterocycles. The topological polar surface area (TPSA) is 66.0 Å². The van der Waals surface area contributed by atoms with Crippen molar-refractivity contribution >= 4 is 0 Å². The summed E-state index contributed by atoms with van der Waals surface area (Å²) < 4.78 is 7.23. The first kappa shape index (κ1) is 12.6. The van der Waals surface area contributed by atoms with Crippen LogP contribution in [0.2, 0.25) is 0 Å². The van der Waals surface area contributed by atoms with Crippen LogP contribution in [-0.4, -0.2) is 21.4 Å². The minimum atomic E-state index is -0.246. The maximum atomic E-state index is 6.24. The molecule has 0 aromatic carbocycles. The Bertz CT molecular complexity index is 536. The molecule has 0 aliphatic carbocycles. The summed E-state index contributed by atoms with van der Waals surface area (Å²) in [6, 6.07) is 3.66. The number of rotatable bonds is 4. The quantitative estimate of drug-likeness (QED) is 0.889. The molecule has 96 valence electrons. The van der Waals surface area contributed by atoms with Gasteiger partial charge in [-0.05, 0) is 31.5 Å². The molecule has 0 saturated carbocycles. The van der Waals surface area contributed by atoms with Gasteiger partial charge in [0.15, 0.2) is 0 Å². The molecule has 18 heavy (non-hydrogen) atoms. The second-order valence-corrected chi connectivity index (χ2v) is 4.20. The van der Waals surface area contributed by atoms with Crippen LogP contribution >= 0.6 is 0 Å². The number of pyridine rings is 1. The van der Waals surface area contributed by atoms with Crippen molar-refractivity contribution in [1.82, 2.24) is 14.8 Å². The van der Waals surface area contributed by atoms with Crippen LogP contribution in [0.4, 0.5) is 0 Å². The second kappa shape index (κ2) is 5.18. The minimum absolute atomic E-state index is 0.246. The molecule has 1 unspecified atom stereocenters. The number of aromatic nitrogens is 3. The van der Waals surface area contributed by atoms with Gasteiger partial charge >= 0.3 is 0 Å². The normalized spacial score (nSPS) is 12.4. The molecule has 2 heterocycles. The maximum absolute atomic E-state index is 6.24. The average molecular weight is 246 g/mol. The van der Waals surface area contributed by atoms with Crippen molar-refractivity contribution < 1.29 is 4.74 Å². The molecule has 0 aliphatic rings. The van der Waals surface area contributed by atoms with E-state index in [1.54, 1.807) is 17.1 Å². The Morgan fingerprint density at radius 3 is 2.78 bits per heavy atom. The Labute approximate surface area is 107 Å². The molecule has 0 spiro atoms. The monoisotopic (exact) mass is 246 g/mol. The molecular formula is C13H18N4O. The van der Waals surface area contributed by atoms with Crippen molar-refractivity contribution in [2.75, 3.05) is 6.61 Å². The van der Waals surface area contributed by atoms with Gasteiger partial charge in [0.25, 0.3) is 0 Å². The van der Waals surface area contributed by atoms with Crippen molar-refractivity contribution in [2.45, 2.75) is 19.9 Å². The summed E-state index contributed by atoms with van der Waals surface area (Å²) in [7, 11) is 1.89. The standard InChI is InChI=1S/C13H18N4O/c1-4-18-11-6-10(7-15-8-11)13(14)12-5-9(2)16-17(12)3/h5-8,13H,4,14H2,1-3H3. The third-order valence-electron chi connectivity index (χ3n) is 2.76. The van der Waals surface area contributed by atoms with Gasteiger partial charge in [0.05, 0.1) is 30.2 Å². The summed E-state index contributed by atoms with van der Waals surface area (Å²) in [5.41, 5.74) is 9.08. The second-order valence-electron chi connectivity index (χ2n) is 4.20. The summed E-state index contributed by atoms with van der Waals surface area (Å²) in [6.07, 6.45) is 3.45. The van der Waals surface area contributed by atoms with E-state index in [1.165, 1.54) is 0 Å². The maximum Gasteiger partial charge on any atom is 0.137 e. The Morgan fingerprint density at radius 1 is 1.39 bits per heavy atom. The molecule has 2 N–H and O–H groups in total. The van der Waals surface area contributed by atoms with Gasteiger partial charge in [0, 0.05) is 13.2 Å². The van der Waals surface area contributed by atoms with Crippen molar-refractivity contribution in [3.63, 3.8) is 0 Å². The number of ether oxygens (including phenoxy) is 1. The van der Waals surface area contributed by atoms with E-state index < -0.39 is 0 Å². The highest BCUT2D eigenvalue weighted by molar-refractivity contribution is 5.31. The van der Waals surface area contributed by atoms with E-state index in [0.29, 0.717) is 6.61 Å². The van der Waals surface area contributed by atoms with E-state index in [9.17, 15) is 0 Å². The molecule has 2 aromatic heterocycles. The van der Waals surface area contributed by atoms with Crippen LogP contribution in [0.25, 0.3) is 0 Å². The summed E-state index contributed by atoms with van der Waals surface area (Å²) in [5.74, 6) is 0.740. The predicted molar refractivity (Wildman–Crippen MR) is 69.4 cm³/mol. The van der Waals surface area contributed by atoms with E-state index >= 15 is 0 Å². The number of nitrogens with zero attached hydrogens (tertiary/aromatic N) is 3. The third kappa shape index (κ3) is 2.51. The molecular weight excluding hydrogens is 228 g/mol. The number of hydrogen-bond acceptors (Lipinski definition) is 4. The van der Waals surface area contributed by atoms with E-state index in [4.69, 9.17) is 10.5 Å². The van der Waals surface area contributed by atoms with E-state index in [2.05, 4.69) is 10.1 Å². The van der Waals surface area contributed by atoms with Crippen molar-refractivity contribution in [1.29, 1.82) is 0 Å². The fourth-order valence-electron chi connectivity index (χ4n) is 1.94. The first-order valence-corrected chi connectivity index (χ1v) is 5.95. The van der Waals surface area contributed by atoms with Crippen LogP contribution in [0.5, 0.6) is 5.75 Å². The fourth-order valence-corrected chi connectivity index (χ4v) is 1.94. The predicted octanol–water partition coefficient (Wildman–Crippen LogP) is 1.57. The first-order valence-electron chi connectivity index (χ1n) is 5.95. The van der Waals surface area contributed by atoms with Crippen LogP contribution < -0.4 is 10.5 Å². The molecule has 0 radical (unpaired) electrons. The SMILES string of the molecule is CCOc1cncc(C(N)c2cc(C)nn2C)c1. The van der Waals surface area contributed by atoms with Gasteiger partial charge in [0.1, 0.15) is 5.75 Å². The lowest BCUT2D eigenvalue weighted by Gasteiger charge is -2.13. The molecule has 0 aliphatic heterocycles. The van der Waals surface area contributed by atoms with Crippen molar-refractivity contribution in [3.05, 3.63) is 41.5 Å². The lowest BCUT2D eigenvalue weighted by molar-refractivity contribution is 0.338. The Morgan fingerprint density at radius 2 is 2.17 bits per heavy atom. The molecule has 2 rings (SSSR count). The smallest absolute Gasteiger partial charge is 0.137 e. The lowest BCUT2D eigenvalue weighted by Crippen LogP contribution is -2.16. The summed E-state index contributed by atoms with van der Waals surface area (Å²) in [5, 5.41) is 4.30. The Balaban J connectivity index is 2.30. The zero-order valence-corrected chi connectivity index (χ0v) is 10.9. The molecule has 2 aromatic rings. The number of nitrogens with two attached hydrogens (primary N) is 1. The molecule has 0 amide bonds. The van der Waals surface area contributed by atoms with Crippen molar-refractivity contribution in [2.24, 2.45) is 12.8 Å². The Hall–Kier alpha value is -1.88. The van der Waals surface area contributed by atoms with Gasteiger partial charge in [-0.15, -0.1) is 0 Å². The van der Waals surface area contributed by atoms with Crippen LogP contribution in [-0.2, 0) is 7.05 Å². The van der Waals surface area contributed by atoms with Crippen LogP contribution in [0.1, 0.15) is 29.9 Å². The average Bonchev–Trinajstić information content (AvgIpc) is 2.68. The highest BCUT2D eigenvalue weighted by atomic mass is 16.5.